The fraction of sp³-hybridized carbons (Fsp3) is 0.900. The van der Waals surface area contributed by atoms with Crippen LogP contribution in [0.5, 0.6) is 0 Å². The summed E-state index contributed by atoms with van der Waals surface area (Å²) in [5.74, 6) is -0.0524. The minimum atomic E-state index is -0.417. The van der Waals surface area contributed by atoms with Crippen molar-refractivity contribution < 1.29 is 14.3 Å². The summed E-state index contributed by atoms with van der Waals surface area (Å²) in [6.07, 6.45) is 1.92. The van der Waals surface area contributed by atoms with Crippen LogP contribution in [0.25, 0.3) is 0 Å². The van der Waals surface area contributed by atoms with Gasteiger partial charge in [0, 0.05) is 12.6 Å². The Hall–Kier alpha value is -0.650. The van der Waals surface area contributed by atoms with Crippen LogP contribution in [0.2, 0.25) is 0 Å². The van der Waals surface area contributed by atoms with Gasteiger partial charge in [0.15, 0.2) is 6.10 Å². The summed E-state index contributed by atoms with van der Waals surface area (Å²) in [5, 5.41) is 6.22. The van der Waals surface area contributed by atoms with Gasteiger partial charge >= 0.3 is 0 Å². The molecule has 0 spiro atoms. The van der Waals surface area contributed by atoms with Gasteiger partial charge in [0.2, 0.25) is 0 Å². The van der Waals surface area contributed by atoms with E-state index in [2.05, 4.69) is 10.6 Å². The molecule has 2 N–H and O–H groups in total. The maximum atomic E-state index is 11.6. The van der Waals surface area contributed by atoms with Gasteiger partial charge in [-0.05, 0) is 19.4 Å². The zero-order valence-electron chi connectivity index (χ0n) is 8.83. The summed E-state index contributed by atoms with van der Waals surface area (Å²) in [7, 11) is 0. The molecule has 2 fully saturated rings. The van der Waals surface area contributed by atoms with Crippen molar-refractivity contribution in [3.63, 3.8) is 0 Å². The van der Waals surface area contributed by atoms with Crippen molar-refractivity contribution in [3.05, 3.63) is 0 Å². The molecule has 0 radical (unpaired) electrons. The Morgan fingerprint density at radius 1 is 1.47 bits per heavy atom. The third-order valence-corrected chi connectivity index (χ3v) is 2.79. The summed E-state index contributed by atoms with van der Waals surface area (Å²) >= 11 is 0. The fourth-order valence-electron chi connectivity index (χ4n) is 1.91. The predicted octanol–water partition coefficient (Wildman–Crippen LogP) is -0.730. The van der Waals surface area contributed by atoms with Crippen LogP contribution in [0.1, 0.15) is 12.8 Å². The second kappa shape index (κ2) is 5.44. The topological polar surface area (TPSA) is 59.6 Å². The third-order valence-electron chi connectivity index (χ3n) is 2.79. The fourth-order valence-corrected chi connectivity index (χ4v) is 1.91. The van der Waals surface area contributed by atoms with E-state index in [1.807, 2.05) is 0 Å². The van der Waals surface area contributed by atoms with E-state index in [-0.39, 0.29) is 5.91 Å². The largest absolute Gasteiger partial charge is 0.376 e. The van der Waals surface area contributed by atoms with Crippen molar-refractivity contribution in [2.45, 2.75) is 25.0 Å². The molecule has 0 aromatic rings. The van der Waals surface area contributed by atoms with E-state index in [1.54, 1.807) is 0 Å². The molecule has 0 saturated carbocycles. The smallest absolute Gasteiger partial charge is 0.251 e. The Bertz CT molecular complexity index is 211. The molecule has 5 nitrogen and oxygen atoms in total. The first kappa shape index (κ1) is 10.9. The van der Waals surface area contributed by atoms with E-state index < -0.39 is 6.10 Å². The highest BCUT2D eigenvalue weighted by molar-refractivity contribution is 5.81. The molecule has 2 aliphatic rings. The highest BCUT2D eigenvalue weighted by atomic mass is 16.6. The monoisotopic (exact) mass is 214 g/mol. The van der Waals surface area contributed by atoms with Crippen LogP contribution in [0.15, 0.2) is 0 Å². The van der Waals surface area contributed by atoms with Crippen LogP contribution in [0, 0.1) is 0 Å². The molecule has 1 amide bonds. The Morgan fingerprint density at radius 2 is 2.40 bits per heavy atom. The first-order valence-corrected chi connectivity index (χ1v) is 5.57. The van der Waals surface area contributed by atoms with E-state index in [1.165, 1.54) is 6.42 Å². The lowest BCUT2D eigenvalue weighted by Gasteiger charge is -2.22. The molecule has 86 valence electrons. The molecule has 0 aromatic carbocycles. The molecule has 0 aliphatic carbocycles. The Morgan fingerprint density at radius 3 is 3.07 bits per heavy atom. The second-order valence-corrected chi connectivity index (χ2v) is 3.97. The first-order valence-electron chi connectivity index (χ1n) is 5.57. The SMILES string of the molecule is O=C(NCC1CCCN1)C1COCCO1. The van der Waals surface area contributed by atoms with Crippen molar-refractivity contribution in [1.29, 1.82) is 0 Å². The minimum Gasteiger partial charge on any atom is -0.376 e. The van der Waals surface area contributed by atoms with Crippen molar-refractivity contribution >= 4 is 5.91 Å². The molecule has 5 heteroatoms. The Balaban J connectivity index is 1.66. The maximum Gasteiger partial charge on any atom is 0.251 e. The van der Waals surface area contributed by atoms with Gasteiger partial charge in [0.25, 0.3) is 5.91 Å². The number of carbonyl (C=O) groups is 1. The predicted molar refractivity (Wildman–Crippen MR) is 54.6 cm³/mol. The van der Waals surface area contributed by atoms with Crippen LogP contribution >= 0.6 is 0 Å². The molecule has 2 aliphatic heterocycles. The summed E-state index contributed by atoms with van der Waals surface area (Å²) in [6.45, 7) is 3.24. The molecule has 2 atom stereocenters. The van der Waals surface area contributed by atoms with E-state index in [0.717, 1.165) is 13.0 Å². The molecule has 2 unspecified atom stereocenters. The number of amides is 1. The highest BCUT2D eigenvalue weighted by Gasteiger charge is 2.23. The quantitative estimate of drug-likeness (QED) is 0.650. The van der Waals surface area contributed by atoms with Gasteiger partial charge in [-0.1, -0.05) is 0 Å². The van der Waals surface area contributed by atoms with Crippen LogP contribution in [0.4, 0.5) is 0 Å². The van der Waals surface area contributed by atoms with Gasteiger partial charge in [-0.15, -0.1) is 0 Å². The molecule has 15 heavy (non-hydrogen) atoms. The number of rotatable bonds is 3. The lowest BCUT2D eigenvalue weighted by Crippen LogP contribution is -2.46. The zero-order chi connectivity index (χ0) is 10.5. The van der Waals surface area contributed by atoms with Gasteiger partial charge in [0.05, 0.1) is 19.8 Å². The van der Waals surface area contributed by atoms with Crippen molar-refractivity contribution in [2.24, 2.45) is 0 Å². The van der Waals surface area contributed by atoms with Crippen molar-refractivity contribution in [3.8, 4) is 0 Å². The van der Waals surface area contributed by atoms with Gasteiger partial charge in [-0.3, -0.25) is 4.79 Å². The Kier molecular flexibility index (Phi) is 3.94. The highest BCUT2D eigenvalue weighted by Crippen LogP contribution is 2.04. The summed E-state index contributed by atoms with van der Waals surface area (Å²) in [4.78, 5) is 11.6. The molecular formula is C10H18N2O3. The normalized spacial score (nSPS) is 31.5. The molecule has 0 aromatic heterocycles. The average Bonchev–Trinajstić information content (AvgIpc) is 2.80. The van der Waals surface area contributed by atoms with Gasteiger partial charge in [-0.25, -0.2) is 0 Å². The molecule has 2 heterocycles. The zero-order valence-corrected chi connectivity index (χ0v) is 8.83. The number of nitrogens with one attached hydrogen (secondary N) is 2. The van der Waals surface area contributed by atoms with Gasteiger partial charge in [0.1, 0.15) is 0 Å². The van der Waals surface area contributed by atoms with Crippen molar-refractivity contribution in [1.82, 2.24) is 10.6 Å². The number of ether oxygens (including phenoxy) is 2. The average molecular weight is 214 g/mol. The number of carbonyl (C=O) groups excluding carboxylic acids is 1. The lowest BCUT2D eigenvalue weighted by molar-refractivity contribution is -0.147. The third kappa shape index (κ3) is 3.15. The first-order chi connectivity index (χ1) is 7.36. The van der Waals surface area contributed by atoms with Gasteiger partial charge < -0.3 is 20.1 Å². The minimum absolute atomic E-state index is 0.0524. The van der Waals surface area contributed by atoms with Crippen LogP contribution in [-0.4, -0.2) is 51.0 Å². The molecule has 0 bridgehead atoms. The second-order valence-electron chi connectivity index (χ2n) is 3.97. The van der Waals surface area contributed by atoms with Crippen LogP contribution in [0.3, 0.4) is 0 Å². The standard InChI is InChI=1S/C10H18N2O3/c13-10(9-7-14-4-5-15-9)12-6-8-2-1-3-11-8/h8-9,11H,1-7H2,(H,12,13). The molecular weight excluding hydrogens is 196 g/mol. The maximum absolute atomic E-state index is 11.6. The van der Waals surface area contributed by atoms with Crippen LogP contribution < -0.4 is 10.6 Å². The summed E-state index contributed by atoms with van der Waals surface area (Å²) in [5.41, 5.74) is 0. The van der Waals surface area contributed by atoms with Crippen molar-refractivity contribution in [2.75, 3.05) is 32.9 Å². The summed E-state index contributed by atoms with van der Waals surface area (Å²) in [6, 6.07) is 0.429. The molecule has 2 rings (SSSR count). The number of hydrogen-bond donors (Lipinski definition) is 2. The van der Waals surface area contributed by atoms with E-state index in [9.17, 15) is 4.79 Å². The Labute approximate surface area is 89.5 Å². The van der Waals surface area contributed by atoms with Gasteiger partial charge in [-0.2, -0.15) is 0 Å². The van der Waals surface area contributed by atoms with E-state index >= 15 is 0 Å². The summed E-state index contributed by atoms with van der Waals surface area (Å²) < 4.78 is 10.5. The lowest BCUT2D eigenvalue weighted by atomic mass is 10.2. The molecule has 2 saturated heterocycles. The number of hydrogen-bond acceptors (Lipinski definition) is 4. The van der Waals surface area contributed by atoms with Crippen LogP contribution in [-0.2, 0) is 14.3 Å². The van der Waals surface area contributed by atoms with E-state index in [0.29, 0.717) is 32.4 Å². The van der Waals surface area contributed by atoms with E-state index in [4.69, 9.17) is 9.47 Å².